The van der Waals surface area contributed by atoms with Gasteiger partial charge in [0.2, 0.25) is 0 Å². The van der Waals surface area contributed by atoms with E-state index in [0.29, 0.717) is 13.0 Å². The van der Waals surface area contributed by atoms with Gasteiger partial charge >= 0.3 is 5.97 Å². The van der Waals surface area contributed by atoms with Crippen LogP contribution in [0.3, 0.4) is 0 Å². The average Bonchev–Trinajstić information content (AvgIpc) is 2.26. The van der Waals surface area contributed by atoms with Gasteiger partial charge in [-0.05, 0) is 27.8 Å². The number of aliphatic hydroxyl groups excluding tert-OH is 1. The van der Waals surface area contributed by atoms with Gasteiger partial charge in [0, 0.05) is 13.0 Å². The first-order chi connectivity index (χ1) is 6.29. The number of hydrogen-bond donors (Lipinski definition) is 1. The number of aliphatic hydroxyl groups is 1. The Morgan fingerprint density at radius 3 is 2.43 bits per heavy atom. The summed E-state index contributed by atoms with van der Waals surface area (Å²) in [7, 11) is 1.82. The van der Waals surface area contributed by atoms with Crippen LogP contribution < -0.4 is 0 Å². The third kappa shape index (κ3) is 2.96. The molecule has 1 heterocycles. The van der Waals surface area contributed by atoms with E-state index >= 15 is 0 Å². The molecule has 2 unspecified atom stereocenters. The fourth-order valence-electron chi connectivity index (χ4n) is 1.62. The van der Waals surface area contributed by atoms with E-state index in [1.807, 2.05) is 32.7 Å². The number of ether oxygens (including phenoxy) is 1. The molecule has 0 aromatic heterocycles. The molecule has 0 aliphatic carbocycles. The van der Waals surface area contributed by atoms with Crippen molar-refractivity contribution in [1.82, 2.24) is 4.90 Å². The monoisotopic (exact) mass is 201 g/mol. The molecule has 0 aromatic carbocycles. The molecule has 4 heteroatoms. The number of likely N-dealkylation sites (tertiary alicyclic amines) is 1. The summed E-state index contributed by atoms with van der Waals surface area (Å²) in [6, 6.07) is -0.288. The van der Waals surface area contributed by atoms with Gasteiger partial charge in [-0.2, -0.15) is 0 Å². The minimum atomic E-state index is -0.453. The van der Waals surface area contributed by atoms with Crippen LogP contribution in [0.5, 0.6) is 0 Å². The maximum atomic E-state index is 11.6. The van der Waals surface area contributed by atoms with Gasteiger partial charge in [0.15, 0.2) is 0 Å². The predicted molar refractivity (Wildman–Crippen MR) is 52.9 cm³/mol. The molecular weight excluding hydrogens is 182 g/mol. The van der Waals surface area contributed by atoms with Crippen molar-refractivity contribution >= 4 is 5.97 Å². The summed E-state index contributed by atoms with van der Waals surface area (Å²) in [6.07, 6.45) is 0.0725. The second-order valence-corrected chi connectivity index (χ2v) is 4.88. The summed E-state index contributed by atoms with van der Waals surface area (Å²) in [5.41, 5.74) is -0.453. The first kappa shape index (κ1) is 11.5. The quantitative estimate of drug-likeness (QED) is 0.624. The lowest BCUT2D eigenvalue weighted by Gasteiger charge is -2.24. The Kier molecular flexibility index (Phi) is 3.17. The number of likely N-dealkylation sites (N-methyl/N-ethyl adjacent to an activating group) is 1. The normalized spacial score (nSPS) is 29.2. The summed E-state index contributed by atoms with van der Waals surface area (Å²) in [5.74, 6) is -0.239. The van der Waals surface area contributed by atoms with E-state index in [4.69, 9.17) is 4.74 Å². The fourth-order valence-corrected chi connectivity index (χ4v) is 1.62. The highest BCUT2D eigenvalue weighted by atomic mass is 16.6. The fraction of sp³-hybridized carbons (Fsp3) is 0.900. The maximum absolute atomic E-state index is 11.6. The summed E-state index contributed by atoms with van der Waals surface area (Å²) >= 11 is 0. The van der Waals surface area contributed by atoms with Crippen LogP contribution in [0.25, 0.3) is 0 Å². The Bertz CT molecular complexity index is 222. The number of nitrogens with zero attached hydrogens (tertiary/aromatic N) is 1. The molecule has 1 fully saturated rings. The highest BCUT2D eigenvalue weighted by Gasteiger charge is 2.36. The second-order valence-electron chi connectivity index (χ2n) is 4.88. The highest BCUT2D eigenvalue weighted by Crippen LogP contribution is 2.19. The van der Waals surface area contributed by atoms with E-state index in [2.05, 4.69) is 0 Å². The van der Waals surface area contributed by atoms with Gasteiger partial charge < -0.3 is 9.84 Å². The zero-order valence-corrected chi connectivity index (χ0v) is 9.28. The van der Waals surface area contributed by atoms with E-state index < -0.39 is 11.7 Å². The lowest BCUT2D eigenvalue weighted by atomic mass is 10.1. The number of carbonyl (C=O) groups excluding carboxylic acids is 1. The third-order valence-corrected chi connectivity index (χ3v) is 2.20. The van der Waals surface area contributed by atoms with Crippen molar-refractivity contribution in [1.29, 1.82) is 0 Å². The van der Waals surface area contributed by atoms with Gasteiger partial charge in [0.05, 0.1) is 6.10 Å². The minimum absolute atomic E-state index is 0.239. The Labute approximate surface area is 84.8 Å². The van der Waals surface area contributed by atoms with E-state index in [9.17, 15) is 9.90 Å². The molecule has 2 atom stereocenters. The Balaban J connectivity index is 2.53. The standard InChI is InChI=1S/C10H19NO3/c1-10(2,3)14-9(13)8-5-7(12)6-11(8)4/h7-8,12H,5-6H2,1-4H3. The highest BCUT2D eigenvalue weighted by molar-refractivity contribution is 5.76. The van der Waals surface area contributed by atoms with Crippen LogP contribution >= 0.6 is 0 Å². The molecule has 0 aromatic rings. The van der Waals surface area contributed by atoms with Gasteiger partial charge in [-0.3, -0.25) is 9.69 Å². The number of hydrogen-bond acceptors (Lipinski definition) is 4. The molecule has 1 rings (SSSR count). The molecule has 0 spiro atoms. The van der Waals surface area contributed by atoms with Crippen LogP contribution in [0.4, 0.5) is 0 Å². The SMILES string of the molecule is CN1CC(O)CC1C(=O)OC(C)(C)C. The predicted octanol–water partition coefficient (Wildman–Crippen LogP) is 0.393. The zero-order chi connectivity index (χ0) is 10.9. The van der Waals surface area contributed by atoms with Crippen molar-refractivity contribution < 1.29 is 14.6 Å². The molecule has 14 heavy (non-hydrogen) atoms. The first-order valence-electron chi connectivity index (χ1n) is 4.91. The first-order valence-corrected chi connectivity index (χ1v) is 4.91. The third-order valence-electron chi connectivity index (χ3n) is 2.20. The average molecular weight is 201 g/mol. The molecule has 0 bridgehead atoms. The van der Waals surface area contributed by atoms with Crippen molar-refractivity contribution in [3.63, 3.8) is 0 Å². The lowest BCUT2D eigenvalue weighted by Crippen LogP contribution is -2.38. The van der Waals surface area contributed by atoms with Crippen molar-refractivity contribution in [3.05, 3.63) is 0 Å². The summed E-state index contributed by atoms with van der Waals surface area (Å²) < 4.78 is 5.25. The minimum Gasteiger partial charge on any atom is -0.459 e. The van der Waals surface area contributed by atoms with Gasteiger partial charge in [-0.15, -0.1) is 0 Å². The maximum Gasteiger partial charge on any atom is 0.323 e. The van der Waals surface area contributed by atoms with Crippen LogP contribution in [0, 0.1) is 0 Å². The van der Waals surface area contributed by atoms with E-state index in [1.165, 1.54) is 0 Å². The van der Waals surface area contributed by atoms with Crippen LogP contribution in [0.2, 0.25) is 0 Å². The molecule has 1 N–H and O–H groups in total. The summed E-state index contributed by atoms with van der Waals surface area (Å²) in [5, 5.41) is 9.37. The zero-order valence-electron chi connectivity index (χ0n) is 9.28. The van der Waals surface area contributed by atoms with Crippen LogP contribution in [0.1, 0.15) is 27.2 Å². The van der Waals surface area contributed by atoms with E-state index in [-0.39, 0.29) is 12.0 Å². The molecular formula is C10H19NO3. The molecule has 1 aliphatic rings. The van der Waals surface area contributed by atoms with E-state index in [0.717, 1.165) is 0 Å². The molecule has 1 aliphatic heterocycles. The van der Waals surface area contributed by atoms with Gasteiger partial charge in [0.1, 0.15) is 11.6 Å². The van der Waals surface area contributed by atoms with Crippen LogP contribution in [0.15, 0.2) is 0 Å². The molecule has 0 amide bonds. The number of β-amino-alcohol motifs (C(OH)–C–C–N with tert-alkyl or cyclic N) is 1. The summed E-state index contributed by atoms with van der Waals surface area (Å²) in [4.78, 5) is 13.5. The smallest absolute Gasteiger partial charge is 0.323 e. The molecule has 0 saturated carbocycles. The molecule has 82 valence electrons. The number of esters is 1. The lowest BCUT2D eigenvalue weighted by molar-refractivity contribution is -0.159. The van der Waals surface area contributed by atoms with Crippen molar-refractivity contribution in [2.45, 2.75) is 44.9 Å². The van der Waals surface area contributed by atoms with Crippen molar-refractivity contribution in [3.8, 4) is 0 Å². The Hall–Kier alpha value is -0.610. The van der Waals surface area contributed by atoms with Crippen LogP contribution in [-0.4, -0.2) is 47.3 Å². The van der Waals surface area contributed by atoms with Crippen molar-refractivity contribution in [2.75, 3.05) is 13.6 Å². The molecule has 0 radical (unpaired) electrons. The second kappa shape index (κ2) is 3.87. The Morgan fingerprint density at radius 1 is 1.50 bits per heavy atom. The van der Waals surface area contributed by atoms with Crippen LogP contribution in [-0.2, 0) is 9.53 Å². The largest absolute Gasteiger partial charge is 0.459 e. The van der Waals surface area contributed by atoms with Gasteiger partial charge in [-0.25, -0.2) is 0 Å². The number of carbonyl (C=O) groups is 1. The van der Waals surface area contributed by atoms with E-state index in [1.54, 1.807) is 0 Å². The summed E-state index contributed by atoms with van der Waals surface area (Å²) in [6.45, 7) is 6.08. The molecule has 1 saturated heterocycles. The van der Waals surface area contributed by atoms with Gasteiger partial charge in [0.25, 0.3) is 0 Å². The topological polar surface area (TPSA) is 49.8 Å². The van der Waals surface area contributed by atoms with Crippen molar-refractivity contribution in [2.24, 2.45) is 0 Å². The van der Waals surface area contributed by atoms with Gasteiger partial charge in [-0.1, -0.05) is 0 Å². The Morgan fingerprint density at radius 2 is 2.07 bits per heavy atom. The number of rotatable bonds is 1. The molecule has 4 nitrogen and oxygen atoms in total.